The highest BCUT2D eigenvalue weighted by Crippen LogP contribution is 2.22. The van der Waals surface area contributed by atoms with Gasteiger partial charge in [0.2, 0.25) is 0 Å². The number of nitrogens with one attached hydrogen (secondary N) is 1. The molecule has 1 atom stereocenters. The third kappa shape index (κ3) is 5.04. The van der Waals surface area contributed by atoms with Gasteiger partial charge in [0, 0.05) is 17.8 Å². The van der Waals surface area contributed by atoms with Gasteiger partial charge < -0.3 is 10.4 Å². The van der Waals surface area contributed by atoms with E-state index in [4.69, 9.17) is 5.11 Å². The molecule has 1 unspecified atom stereocenters. The van der Waals surface area contributed by atoms with Crippen LogP contribution in [0.5, 0.6) is 0 Å². The summed E-state index contributed by atoms with van der Waals surface area (Å²) < 4.78 is 0. The van der Waals surface area contributed by atoms with E-state index in [0.29, 0.717) is 5.92 Å². The number of nitrogens with zero attached hydrogens (tertiary/aromatic N) is 1. The third-order valence-corrected chi connectivity index (χ3v) is 4.23. The molecule has 1 rings (SSSR count). The number of aryl methyl sites for hydroxylation is 2. The van der Waals surface area contributed by atoms with Gasteiger partial charge in [0.15, 0.2) is 5.13 Å². The van der Waals surface area contributed by atoms with Crippen molar-refractivity contribution in [3.8, 4) is 0 Å². The molecule has 0 aliphatic carbocycles. The van der Waals surface area contributed by atoms with Crippen molar-refractivity contribution in [2.75, 3.05) is 11.9 Å². The van der Waals surface area contributed by atoms with Gasteiger partial charge in [-0.25, -0.2) is 4.98 Å². The quantitative estimate of drug-likeness (QED) is 0.759. The van der Waals surface area contributed by atoms with Crippen LogP contribution in [0.15, 0.2) is 0 Å². The van der Waals surface area contributed by atoms with Crippen molar-refractivity contribution in [2.45, 2.75) is 46.5 Å². The summed E-state index contributed by atoms with van der Waals surface area (Å²) in [4.78, 5) is 16.2. The summed E-state index contributed by atoms with van der Waals surface area (Å²) in [5.41, 5.74) is 1.08. The molecule has 0 spiro atoms. The number of hydrogen-bond acceptors (Lipinski definition) is 4. The summed E-state index contributed by atoms with van der Waals surface area (Å²) >= 11 is 1.68. The summed E-state index contributed by atoms with van der Waals surface area (Å²) in [5, 5.41) is 13.0. The van der Waals surface area contributed by atoms with Crippen LogP contribution in [0.2, 0.25) is 0 Å². The first-order valence-electron chi connectivity index (χ1n) is 6.42. The second-order valence-electron chi connectivity index (χ2n) is 4.58. The second-order valence-corrected chi connectivity index (χ2v) is 5.79. The van der Waals surface area contributed by atoms with Gasteiger partial charge in [0.05, 0.1) is 5.69 Å². The van der Waals surface area contributed by atoms with Crippen LogP contribution in [0.1, 0.15) is 43.2 Å². The first-order valence-corrected chi connectivity index (χ1v) is 7.24. The molecule has 0 saturated heterocycles. The standard InChI is InChI=1S/C13H22N2O2S/c1-4-11(5-6-12(16)17)7-8-14-13-15-9(2)10(3)18-13/h11H,4-8H2,1-3H3,(H,14,15)(H,16,17). The normalized spacial score (nSPS) is 12.4. The molecule has 0 aliphatic heterocycles. The maximum Gasteiger partial charge on any atom is 0.303 e. The highest BCUT2D eigenvalue weighted by atomic mass is 32.1. The first-order chi connectivity index (χ1) is 8.52. The molecule has 0 saturated carbocycles. The van der Waals surface area contributed by atoms with Gasteiger partial charge in [-0.2, -0.15) is 0 Å². The Balaban J connectivity index is 2.28. The molecule has 1 aromatic heterocycles. The molecule has 0 aliphatic rings. The van der Waals surface area contributed by atoms with E-state index in [0.717, 1.165) is 36.6 Å². The Labute approximate surface area is 112 Å². The maximum absolute atomic E-state index is 10.5. The van der Waals surface area contributed by atoms with E-state index >= 15 is 0 Å². The minimum atomic E-state index is -0.701. The van der Waals surface area contributed by atoms with Gasteiger partial charge in [0.25, 0.3) is 0 Å². The largest absolute Gasteiger partial charge is 0.481 e. The van der Waals surface area contributed by atoms with Crippen LogP contribution in [-0.4, -0.2) is 22.6 Å². The van der Waals surface area contributed by atoms with Crippen LogP contribution < -0.4 is 5.32 Å². The number of carbonyl (C=O) groups is 1. The van der Waals surface area contributed by atoms with E-state index < -0.39 is 5.97 Å². The predicted molar refractivity (Wildman–Crippen MR) is 75.3 cm³/mol. The Kier molecular flexibility index (Phi) is 6.12. The average Bonchev–Trinajstić information content (AvgIpc) is 2.63. The van der Waals surface area contributed by atoms with Crippen molar-refractivity contribution in [1.82, 2.24) is 4.98 Å². The predicted octanol–water partition coefficient (Wildman–Crippen LogP) is 3.45. The Morgan fingerprint density at radius 1 is 1.44 bits per heavy atom. The second kappa shape index (κ2) is 7.36. The van der Waals surface area contributed by atoms with Crippen molar-refractivity contribution in [3.63, 3.8) is 0 Å². The molecule has 0 amide bonds. The lowest BCUT2D eigenvalue weighted by Gasteiger charge is -2.13. The van der Waals surface area contributed by atoms with Gasteiger partial charge in [-0.05, 0) is 32.6 Å². The summed E-state index contributed by atoms with van der Waals surface area (Å²) in [7, 11) is 0. The molecule has 1 aromatic rings. The smallest absolute Gasteiger partial charge is 0.303 e. The monoisotopic (exact) mass is 270 g/mol. The molecule has 0 radical (unpaired) electrons. The van der Waals surface area contributed by atoms with E-state index in [1.165, 1.54) is 4.88 Å². The Morgan fingerprint density at radius 2 is 2.17 bits per heavy atom. The molecule has 0 bridgehead atoms. The molecule has 0 aromatic carbocycles. The fraction of sp³-hybridized carbons (Fsp3) is 0.692. The van der Waals surface area contributed by atoms with Crippen molar-refractivity contribution < 1.29 is 9.90 Å². The van der Waals surface area contributed by atoms with Crippen molar-refractivity contribution in [2.24, 2.45) is 5.92 Å². The van der Waals surface area contributed by atoms with Crippen LogP contribution in [0.4, 0.5) is 5.13 Å². The lowest BCUT2D eigenvalue weighted by Crippen LogP contribution is -2.10. The number of rotatable bonds is 8. The maximum atomic E-state index is 10.5. The van der Waals surface area contributed by atoms with E-state index in [-0.39, 0.29) is 6.42 Å². The molecule has 0 fully saturated rings. The number of aromatic nitrogens is 1. The van der Waals surface area contributed by atoms with Crippen LogP contribution >= 0.6 is 11.3 Å². The van der Waals surface area contributed by atoms with Gasteiger partial charge in [-0.15, -0.1) is 11.3 Å². The summed E-state index contributed by atoms with van der Waals surface area (Å²) in [6.07, 6.45) is 3.07. The van der Waals surface area contributed by atoms with Crippen LogP contribution in [0.25, 0.3) is 0 Å². The number of thiazole rings is 1. The summed E-state index contributed by atoms with van der Waals surface area (Å²) in [5.74, 6) is -0.219. The highest BCUT2D eigenvalue weighted by molar-refractivity contribution is 7.15. The van der Waals surface area contributed by atoms with Gasteiger partial charge >= 0.3 is 5.97 Å². The van der Waals surface area contributed by atoms with Crippen LogP contribution in [0, 0.1) is 19.8 Å². The number of hydrogen-bond donors (Lipinski definition) is 2. The number of carboxylic acid groups (broad SMARTS) is 1. The fourth-order valence-corrected chi connectivity index (χ4v) is 2.65. The van der Waals surface area contributed by atoms with Crippen LogP contribution in [0.3, 0.4) is 0 Å². The minimum absolute atomic E-state index is 0.272. The van der Waals surface area contributed by atoms with E-state index in [2.05, 4.69) is 24.1 Å². The fourth-order valence-electron chi connectivity index (χ4n) is 1.81. The zero-order chi connectivity index (χ0) is 13.5. The van der Waals surface area contributed by atoms with Gasteiger partial charge in [0.1, 0.15) is 0 Å². The molecular weight excluding hydrogens is 248 g/mol. The lowest BCUT2D eigenvalue weighted by atomic mass is 9.97. The Hall–Kier alpha value is -1.10. The summed E-state index contributed by atoms with van der Waals surface area (Å²) in [6.45, 7) is 7.06. The topological polar surface area (TPSA) is 62.2 Å². The average molecular weight is 270 g/mol. The van der Waals surface area contributed by atoms with E-state index in [1.807, 2.05) is 6.92 Å². The Bertz CT molecular complexity index is 371. The first kappa shape index (κ1) is 15.0. The number of aliphatic carboxylic acids is 1. The molecule has 18 heavy (non-hydrogen) atoms. The third-order valence-electron chi connectivity index (χ3n) is 3.20. The van der Waals surface area contributed by atoms with Crippen molar-refractivity contribution in [3.05, 3.63) is 10.6 Å². The minimum Gasteiger partial charge on any atom is -0.481 e. The number of anilines is 1. The highest BCUT2D eigenvalue weighted by Gasteiger charge is 2.09. The van der Waals surface area contributed by atoms with Crippen molar-refractivity contribution in [1.29, 1.82) is 0 Å². The summed E-state index contributed by atoms with van der Waals surface area (Å²) in [6, 6.07) is 0. The van der Waals surface area contributed by atoms with Gasteiger partial charge in [-0.3, -0.25) is 4.79 Å². The molecule has 2 N–H and O–H groups in total. The SMILES string of the molecule is CCC(CCNc1nc(C)c(C)s1)CCC(=O)O. The zero-order valence-corrected chi connectivity index (χ0v) is 12.1. The van der Waals surface area contributed by atoms with Gasteiger partial charge in [-0.1, -0.05) is 13.3 Å². The molecule has 5 heteroatoms. The molecule has 1 heterocycles. The lowest BCUT2D eigenvalue weighted by molar-refractivity contribution is -0.137. The molecular formula is C13H22N2O2S. The number of carboxylic acids is 1. The molecule has 102 valence electrons. The molecule has 4 nitrogen and oxygen atoms in total. The van der Waals surface area contributed by atoms with Crippen LogP contribution in [-0.2, 0) is 4.79 Å². The van der Waals surface area contributed by atoms with E-state index in [9.17, 15) is 4.79 Å². The Morgan fingerprint density at radius 3 is 2.67 bits per heavy atom. The van der Waals surface area contributed by atoms with E-state index in [1.54, 1.807) is 11.3 Å². The zero-order valence-electron chi connectivity index (χ0n) is 11.3. The van der Waals surface area contributed by atoms with Crippen molar-refractivity contribution >= 4 is 22.4 Å².